The standard InChI is InChI=1S/C19H22N4O4/c1-21(2)15-7-5-14(6-8-15)20-17(24)19(26)23-11-9-22(10-12-23)18(25)16-4-3-13-27-16/h3-8,13H,9-12H2,1-2H3,(H,20,24). The maximum atomic E-state index is 12.4. The average molecular weight is 370 g/mol. The van der Waals surface area contributed by atoms with Crippen molar-refractivity contribution in [1.82, 2.24) is 9.80 Å². The van der Waals surface area contributed by atoms with Gasteiger partial charge in [-0.25, -0.2) is 0 Å². The van der Waals surface area contributed by atoms with Crippen LogP contribution in [0.4, 0.5) is 11.4 Å². The fourth-order valence-corrected chi connectivity index (χ4v) is 2.84. The summed E-state index contributed by atoms with van der Waals surface area (Å²) in [6.45, 7) is 1.32. The Kier molecular flexibility index (Phi) is 5.44. The summed E-state index contributed by atoms with van der Waals surface area (Å²) in [6, 6.07) is 10.5. The van der Waals surface area contributed by atoms with Crippen LogP contribution in [0.2, 0.25) is 0 Å². The summed E-state index contributed by atoms with van der Waals surface area (Å²) < 4.78 is 5.11. The van der Waals surface area contributed by atoms with E-state index in [0.29, 0.717) is 31.9 Å². The lowest BCUT2D eigenvalue weighted by Crippen LogP contribution is -2.52. The van der Waals surface area contributed by atoms with Crippen LogP contribution in [-0.2, 0) is 9.59 Å². The molecule has 1 aliphatic rings. The first-order valence-corrected chi connectivity index (χ1v) is 8.66. The lowest BCUT2D eigenvalue weighted by Gasteiger charge is -2.33. The quantitative estimate of drug-likeness (QED) is 0.823. The molecule has 2 aromatic rings. The van der Waals surface area contributed by atoms with Gasteiger partial charge in [0.1, 0.15) is 0 Å². The molecule has 0 unspecified atom stereocenters. The largest absolute Gasteiger partial charge is 0.459 e. The molecule has 0 bridgehead atoms. The Morgan fingerprint density at radius 3 is 2.15 bits per heavy atom. The van der Waals surface area contributed by atoms with Crippen LogP contribution >= 0.6 is 0 Å². The Morgan fingerprint density at radius 2 is 1.59 bits per heavy atom. The number of nitrogens with zero attached hydrogens (tertiary/aromatic N) is 3. The third-order valence-electron chi connectivity index (χ3n) is 4.42. The summed E-state index contributed by atoms with van der Waals surface area (Å²) in [5, 5.41) is 2.62. The van der Waals surface area contributed by atoms with Crippen LogP contribution in [0.5, 0.6) is 0 Å². The Bertz CT molecular complexity index is 807. The van der Waals surface area contributed by atoms with Crippen molar-refractivity contribution in [3.8, 4) is 0 Å². The molecule has 1 saturated heterocycles. The van der Waals surface area contributed by atoms with E-state index in [9.17, 15) is 14.4 Å². The number of carbonyl (C=O) groups excluding carboxylic acids is 3. The van der Waals surface area contributed by atoms with Crippen LogP contribution in [0.25, 0.3) is 0 Å². The fourth-order valence-electron chi connectivity index (χ4n) is 2.84. The van der Waals surface area contributed by atoms with E-state index in [1.54, 1.807) is 29.2 Å². The van der Waals surface area contributed by atoms with Crippen LogP contribution in [0.15, 0.2) is 47.1 Å². The van der Waals surface area contributed by atoms with Crippen molar-refractivity contribution in [3.05, 3.63) is 48.4 Å². The molecule has 3 rings (SSSR count). The monoisotopic (exact) mass is 370 g/mol. The molecular weight excluding hydrogens is 348 g/mol. The molecule has 27 heavy (non-hydrogen) atoms. The lowest BCUT2D eigenvalue weighted by atomic mass is 10.2. The summed E-state index contributed by atoms with van der Waals surface area (Å²) in [5.41, 5.74) is 1.56. The number of amides is 3. The Morgan fingerprint density at radius 1 is 0.963 bits per heavy atom. The van der Waals surface area contributed by atoms with Crippen molar-refractivity contribution in [2.24, 2.45) is 0 Å². The first kappa shape index (κ1) is 18.5. The van der Waals surface area contributed by atoms with Crippen molar-refractivity contribution in [1.29, 1.82) is 0 Å². The normalized spacial score (nSPS) is 14.0. The molecule has 0 spiro atoms. The molecule has 1 aromatic heterocycles. The third-order valence-corrected chi connectivity index (χ3v) is 4.42. The van der Waals surface area contributed by atoms with Crippen molar-refractivity contribution < 1.29 is 18.8 Å². The molecule has 8 heteroatoms. The van der Waals surface area contributed by atoms with Crippen LogP contribution < -0.4 is 10.2 Å². The molecule has 0 atom stereocenters. The van der Waals surface area contributed by atoms with Gasteiger partial charge in [0.2, 0.25) is 0 Å². The highest BCUT2D eigenvalue weighted by atomic mass is 16.3. The topological polar surface area (TPSA) is 86.1 Å². The van der Waals surface area contributed by atoms with E-state index >= 15 is 0 Å². The number of rotatable bonds is 3. The van der Waals surface area contributed by atoms with E-state index in [1.807, 2.05) is 31.1 Å². The number of hydrogen-bond donors (Lipinski definition) is 1. The van der Waals surface area contributed by atoms with Crippen LogP contribution in [0.1, 0.15) is 10.6 Å². The summed E-state index contributed by atoms with van der Waals surface area (Å²) in [7, 11) is 3.85. The van der Waals surface area contributed by atoms with E-state index in [-0.39, 0.29) is 11.7 Å². The van der Waals surface area contributed by atoms with Gasteiger partial charge in [-0.3, -0.25) is 14.4 Å². The fraction of sp³-hybridized carbons (Fsp3) is 0.316. The van der Waals surface area contributed by atoms with Crippen molar-refractivity contribution in [2.45, 2.75) is 0 Å². The highest BCUT2D eigenvalue weighted by Gasteiger charge is 2.29. The zero-order valence-corrected chi connectivity index (χ0v) is 15.3. The Labute approximate surface area is 157 Å². The number of benzene rings is 1. The van der Waals surface area contributed by atoms with E-state index in [2.05, 4.69) is 5.32 Å². The maximum absolute atomic E-state index is 12.4. The molecule has 0 aliphatic carbocycles. The summed E-state index contributed by atoms with van der Waals surface area (Å²) in [4.78, 5) is 41.8. The van der Waals surface area contributed by atoms with E-state index in [4.69, 9.17) is 4.42 Å². The van der Waals surface area contributed by atoms with Gasteiger partial charge >= 0.3 is 11.8 Å². The highest BCUT2D eigenvalue weighted by Crippen LogP contribution is 2.16. The summed E-state index contributed by atoms with van der Waals surface area (Å²) in [5.74, 6) is -1.22. The van der Waals surface area contributed by atoms with Crippen molar-refractivity contribution in [3.63, 3.8) is 0 Å². The second-order valence-corrected chi connectivity index (χ2v) is 6.46. The van der Waals surface area contributed by atoms with Gasteiger partial charge in [0, 0.05) is 51.6 Å². The molecular formula is C19H22N4O4. The molecule has 142 valence electrons. The van der Waals surface area contributed by atoms with Gasteiger partial charge in [-0.2, -0.15) is 0 Å². The minimum absolute atomic E-state index is 0.211. The van der Waals surface area contributed by atoms with E-state index in [1.165, 1.54) is 11.2 Å². The van der Waals surface area contributed by atoms with E-state index < -0.39 is 11.8 Å². The number of furan rings is 1. The number of nitrogens with one attached hydrogen (secondary N) is 1. The first-order chi connectivity index (χ1) is 13.0. The molecule has 0 radical (unpaired) electrons. The molecule has 1 N–H and O–H groups in total. The SMILES string of the molecule is CN(C)c1ccc(NC(=O)C(=O)N2CCN(C(=O)c3ccco3)CC2)cc1. The van der Waals surface area contributed by atoms with Gasteiger partial charge in [-0.15, -0.1) is 0 Å². The Hall–Kier alpha value is -3.29. The predicted octanol–water partition coefficient (Wildman–Crippen LogP) is 1.27. The molecule has 0 saturated carbocycles. The zero-order valence-electron chi connectivity index (χ0n) is 15.3. The first-order valence-electron chi connectivity index (χ1n) is 8.66. The smallest absolute Gasteiger partial charge is 0.313 e. The third kappa shape index (κ3) is 4.28. The van der Waals surface area contributed by atoms with Crippen LogP contribution in [0, 0.1) is 0 Å². The maximum Gasteiger partial charge on any atom is 0.313 e. The minimum Gasteiger partial charge on any atom is -0.459 e. The van der Waals surface area contributed by atoms with Gasteiger partial charge in [0.25, 0.3) is 5.91 Å². The van der Waals surface area contributed by atoms with Crippen LogP contribution in [0.3, 0.4) is 0 Å². The van der Waals surface area contributed by atoms with Crippen molar-refractivity contribution in [2.75, 3.05) is 50.5 Å². The number of hydrogen-bond acceptors (Lipinski definition) is 5. The molecule has 2 heterocycles. The van der Waals surface area contributed by atoms with Gasteiger partial charge < -0.3 is 24.4 Å². The number of piperazine rings is 1. The molecule has 1 aliphatic heterocycles. The van der Waals surface area contributed by atoms with E-state index in [0.717, 1.165) is 5.69 Å². The lowest BCUT2D eigenvalue weighted by molar-refractivity contribution is -0.144. The van der Waals surface area contributed by atoms with Crippen molar-refractivity contribution >= 4 is 29.1 Å². The van der Waals surface area contributed by atoms with Gasteiger partial charge in [0.05, 0.1) is 6.26 Å². The molecule has 3 amide bonds. The minimum atomic E-state index is -0.682. The predicted molar refractivity (Wildman–Crippen MR) is 101 cm³/mol. The average Bonchev–Trinajstić information content (AvgIpc) is 3.22. The van der Waals surface area contributed by atoms with Gasteiger partial charge in [-0.1, -0.05) is 0 Å². The second kappa shape index (κ2) is 7.94. The molecule has 1 fully saturated rings. The zero-order chi connectivity index (χ0) is 19.4. The second-order valence-electron chi connectivity index (χ2n) is 6.46. The van der Waals surface area contributed by atoms with Gasteiger partial charge in [-0.05, 0) is 36.4 Å². The molecule has 1 aromatic carbocycles. The van der Waals surface area contributed by atoms with Crippen LogP contribution in [-0.4, -0.2) is 67.8 Å². The highest BCUT2D eigenvalue weighted by molar-refractivity contribution is 6.39. The summed E-state index contributed by atoms with van der Waals surface area (Å²) >= 11 is 0. The van der Waals surface area contributed by atoms with Gasteiger partial charge in [0.15, 0.2) is 5.76 Å². The number of anilines is 2. The Balaban J connectivity index is 1.52. The molecule has 8 nitrogen and oxygen atoms in total. The summed E-state index contributed by atoms with van der Waals surface area (Å²) in [6.07, 6.45) is 1.45. The number of carbonyl (C=O) groups is 3.